The molecule has 5 aromatic rings. The number of ketones is 1. The van der Waals surface area contributed by atoms with Crippen LogP contribution in [0.5, 0.6) is 11.5 Å². The molecule has 2 heterocycles. The summed E-state index contributed by atoms with van der Waals surface area (Å²) in [6.07, 6.45) is 17.1. The van der Waals surface area contributed by atoms with Crippen LogP contribution >= 0.6 is 23.1 Å². The molecule has 0 amide bonds. The summed E-state index contributed by atoms with van der Waals surface area (Å²) in [6, 6.07) is 31.8. The van der Waals surface area contributed by atoms with Gasteiger partial charge in [0.2, 0.25) is 5.52 Å². The molecule has 9 heteroatoms. The van der Waals surface area contributed by atoms with Gasteiger partial charge in [0, 0.05) is 59.0 Å². The number of hydrogen-bond acceptors (Lipinski definition) is 7. The average Bonchev–Trinajstić information content (AvgIpc) is 3.74. The van der Waals surface area contributed by atoms with Crippen molar-refractivity contribution in [2.45, 2.75) is 79.9 Å². The summed E-state index contributed by atoms with van der Waals surface area (Å²) in [5.74, 6) is 5.92. The van der Waals surface area contributed by atoms with Crippen molar-refractivity contribution in [2.75, 3.05) is 35.8 Å². The van der Waals surface area contributed by atoms with Crippen LogP contribution in [0, 0.1) is 12.3 Å². The minimum absolute atomic E-state index is 0. The molecule has 0 unspecified atom stereocenters. The van der Waals surface area contributed by atoms with E-state index >= 15 is 0 Å². The van der Waals surface area contributed by atoms with Gasteiger partial charge in [-0.2, -0.15) is 4.57 Å². The lowest BCUT2D eigenvalue weighted by Crippen LogP contribution is -3.00. The van der Waals surface area contributed by atoms with Crippen LogP contribution in [0.3, 0.4) is 0 Å². The number of aromatic nitrogens is 1. The van der Waals surface area contributed by atoms with Crippen LogP contribution in [0.4, 0.5) is 11.4 Å². The molecule has 0 atom stereocenters. The Labute approximate surface area is 370 Å². The van der Waals surface area contributed by atoms with E-state index in [2.05, 4.69) is 114 Å². The van der Waals surface area contributed by atoms with E-state index in [-0.39, 0.29) is 30.2 Å². The highest BCUT2D eigenvalue weighted by Gasteiger charge is 2.38. The molecule has 1 aromatic heterocycles. The van der Waals surface area contributed by atoms with Gasteiger partial charge in [-0.05, 0) is 61.6 Å². The van der Waals surface area contributed by atoms with Crippen molar-refractivity contribution in [1.29, 1.82) is 0 Å². The number of thiazole rings is 1. The van der Waals surface area contributed by atoms with Crippen LogP contribution in [-0.4, -0.2) is 31.7 Å². The van der Waals surface area contributed by atoms with Crippen molar-refractivity contribution in [3.8, 4) is 23.8 Å². The van der Waals surface area contributed by atoms with Crippen LogP contribution in [-0.2, 0) is 24.4 Å². The van der Waals surface area contributed by atoms with Crippen molar-refractivity contribution in [3.63, 3.8) is 0 Å². The number of aryl methyl sites for hydroxylation is 1. The lowest BCUT2D eigenvalue weighted by Gasteiger charge is -2.28. The number of nitrogens with zero attached hydrogens (tertiary/aromatic N) is 3. The number of unbranched alkanes of at least 4 members (excludes halogenated alkanes) is 3. The van der Waals surface area contributed by atoms with E-state index in [1.165, 1.54) is 36.8 Å². The Morgan fingerprint density at radius 2 is 1.59 bits per heavy atom. The lowest BCUT2D eigenvalue weighted by molar-refractivity contribution is -0.659. The minimum atomic E-state index is 0. The fraction of sp³-hybridized carbons (Fsp3) is 0.320. The molecule has 6 nitrogen and oxygen atoms in total. The molecule has 0 radical (unpaired) electrons. The molecule has 0 spiro atoms. The molecule has 0 bridgehead atoms. The van der Waals surface area contributed by atoms with E-state index in [0.717, 1.165) is 80.3 Å². The van der Waals surface area contributed by atoms with Crippen molar-refractivity contribution < 1.29 is 35.8 Å². The number of anilines is 2. The maximum atomic E-state index is 14.4. The molecular formula is C50H56BrN3O3S2. The highest BCUT2D eigenvalue weighted by atomic mass is 79.9. The number of hydrogen-bond donors (Lipinski definition) is 0. The number of terminal acetylenes is 1. The van der Waals surface area contributed by atoms with Gasteiger partial charge in [-0.25, -0.2) is 0 Å². The molecule has 59 heavy (non-hydrogen) atoms. The molecule has 4 aromatic carbocycles. The van der Waals surface area contributed by atoms with Crippen LogP contribution in [0.15, 0.2) is 119 Å². The Kier molecular flexibility index (Phi) is 16.5. The minimum Gasteiger partial charge on any atom is -1.00 e. The summed E-state index contributed by atoms with van der Waals surface area (Å²) in [6.45, 7) is 9.34. The van der Waals surface area contributed by atoms with Gasteiger partial charge in [-0.3, -0.25) is 4.79 Å². The molecule has 1 aliphatic carbocycles. The van der Waals surface area contributed by atoms with Crippen molar-refractivity contribution in [3.05, 3.63) is 141 Å². The van der Waals surface area contributed by atoms with E-state index in [9.17, 15) is 4.79 Å². The van der Waals surface area contributed by atoms with Crippen LogP contribution in [0.2, 0.25) is 0 Å². The summed E-state index contributed by atoms with van der Waals surface area (Å²) in [7, 11) is 1.70. The highest BCUT2D eigenvalue weighted by Crippen LogP contribution is 2.47. The van der Waals surface area contributed by atoms with Gasteiger partial charge in [0.15, 0.2) is 12.3 Å². The summed E-state index contributed by atoms with van der Waals surface area (Å²) >= 11 is 3.24. The third-order valence-electron chi connectivity index (χ3n) is 10.5. The molecule has 308 valence electrons. The number of ether oxygens (including phenoxy) is 2. The van der Waals surface area contributed by atoms with Gasteiger partial charge >= 0.3 is 0 Å². The summed E-state index contributed by atoms with van der Waals surface area (Å²) in [5, 5.41) is 1.01. The van der Waals surface area contributed by atoms with Gasteiger partial charge in [0.25, 0.3) is 5.01 Å². The number of rotatable bonds is 18. The van der Waals surface area contributed by atoms with Gasteiger partial charge in [0.1, 0.15) is 28.6 Å². The Morgan fingerprint density at radius 1 is 0.831 bits per heavy atom. The summed E-state index contributed by atoms with van der Waals surface area (Å²) in [5.41, 5.74) is 8.43. The largest absolute Gasteiger partial charge is 1.00 e. The second-order valence-electron chi connectivity index (χ2n) is 14.4. The Morgan fingerprint density at radius 3 is 2.31 bits per heavy atom. The van der Waals surface area contributed by atoms with E-state index in [1.807, 2.05) is 30.3 Å². The molecule has 1 aliphatic heterocycles. The molecule has 0 saturated heterocycles. The van der Waals surface area contributed by atoms with Crippen LogP contribution in [0.1, 0.15) is 82.0 Å². The topological polar surface area (TPSA) is 45.9 Å². The quantitative estimate of drug-likeness (QED) is 0.0380. The zero-order valence-corrected chi connectivity index (χ0v) is 37.2. The fourth-order valence-electron chi connectivity index (χ4n) is 7.57. The number of carbonyl (C=O) groups is 1. The first kappa shape index (κ1) is 45.3. The first-order valence-corrected chi connectivity index (χ1v) is 22.0. The molecule has 0 saturated carbocycles. The number of halogens is 1. The number of methoxy groups -OCH3 is 1. The molecule has 2 aliphatic rings. The van der Waals surface area contributed by atoms with Crippen molar-refractivity contribution in [1.82, 2.24) is 0 Å². The number of thioether (sulfide) groups is 1. The van der Waals surface area contributed by atoms with E-state index < -0.39 is 0 Å². The maximum absolute atomic E-state index is 14.4. The van der Waals surface area contributed by atoms with Crippen molar-refractivity contribution >= 4 is 56.5 Å². The predicted molar refractivity (Wildman–Crippen MR) is 246 cm³/mol. The van der Waals surface area contributed by atoms with E-state index in [0.29, 0.717) is 30.1 Å². The smallest absolute Gasteiger partial charge is 0.263 e. The second kappa shape index (κ2) is 21.5. The Hall–Kier alpha value is -4.75. The highest BCUT2D eigenvalue weighted by molar-refractivity contribution is 8.03. The molecule has 7 rings (SSSR count). The van der Waals surface area contributed by atoms with Gasteiger partial charge in [0.05, 0.1) is 24.2 Å². The molecule has 0 fully saturated rings. The van der Waals surface area contributed by atoms with Gasteiger partial charge < -0.3 is 36.3 Å². The Balaban J connectivity index is 0.00000331. The van der Waals surface area contributed by atoms with Gasteiger partial charge in [-0.1, -0.05) is 112 Å². The maximum Gasteiger partial charge on any atom is 0.263 e. The zero-order valence-electron chi connectivity index (χ0n) is 33.9. The van der Waals surface area contributed by atoms with Crippen LogP contribution in [0.25, 0.3) is 16.3 Å². The average molecular weight is 891 g/mol. The number of allylic oxidation sites excluding steroid dienone is 3. The monoisotopic (exact) mass is 889 g/mol. The number of fused-ring (bicyclic) bond motifs is 2. The fourth-order valence-corrected chi connectivity index (χ4v) is 9.54. The molecule has 0 N–H and O–H groups in total. The van der Waals surface area contributed by atoms with Gasteiger partial charge in [-0.15, -0.1) is 18.2 Å². The third-order valence-corrected chi connectivity index (χ3v) is 12.7. The van der Waals surface area contributed by atoms with Crippen LogP contribution < -0.4 is 40.8 Å². The van der Waals surface area contributed by atoms with E-state index in [1.54, 1.807) is 30.2 Å². The van der Waals surface area contributed by atoms with E-state index in [4.69, 9.17) is 15.9 Å². The lowest BCUT2D eigenvalue weighted by atomic mass is 9.89. The summed E-state index contributed by atoms with van der Waals surface area (Å²) in [4.78, 5) is 19.9. The standard InChI is InChI=1S/C49H52N3O3S2.CH4.BrH/c1-6-10-11-13-16-35-19-21-36(22-20-35)33-52-43-26-23-38(54-5)30-45(43)57-47(52)32-41-48(53)40(49(41)56-28-8-3)31-46-50(9-4)44-29-39(24-25-42(44)51(46)27-7-2)55-34-37-17-14-12-15-18-37;;/h3,12,14-15,17-26,29-32H,6-7,9-11,13,16,27-28,33-34H2,1-2,4-5H3;1H4;1H/q+1;;/p-1. The first-order valence-electron chi connectivity index (χ1n) is 20.2. The zero-order chi connectivity index (χ0) is 39.7. The normalized spacial score (nSPS) is 14.6. The number of carbonyl (C=O) groups excluding carboxylic acids is 1. The third kappa shape index (κ3) is 10.2. The summed E-state index contributed by atoms with van der Waals surface area (Å²) < 4.78 is 15.3. The number of benzene rings is 4. The SMILES string of the molecule is C.C#CCSC1=C(/C=C2/N(CC)c3cc(OCc4ccccc4)ccc3N2CCC)C(=O)/C1=C/c1sc2cc(OC)ccc2[n+]1Cc1ccc(CCCCCC)cc1.[Br-]. The predicted octanol–water partition coefficient (Wildman–Crippen LogP) is 8.77. The second-order valence-corrected chi connectivity index (χ2v) is 16.5. The van der Waals surface area contributed by atoms with Crippen molar-refractivity contribution in [2.24, 2.45) is 0 Å². The molecular weight excluding hydrogens is 835 g/mol. The first-order chi connectivity index (χ1) is 28.0. The number of Topliss-reactive ketones (excluding diaryl/α,β-unsaturated/α-hetero) is 1. The Bertz CT molecular complexity index is 2360.